The summed E-state index contributed by atoms with van der Waals surface area (Å²) in [6, 6.07) is 17.8. The average Bonchev–Trinajstić information content (AvgIpc) is 3.53. The van der Waals surface area contributed by atoms with Crippen LogP contribution in [-0.2, 0) is 0 Å². The summed E-state index contributed by atoms with van der Waals surface area (Å²) in [5.74, 6) is 2.39. The van der Waals surface area contributed by atoms with E-state index in [1.807, 2.05) is 47.9 Å². The lowest BCUT2D eigenvalue weighted by molar-refractivity contribution is 0.0323. The normalized spacial score (nSPS) is 23.9. The molecule has 2 aliphatic heterocycles. The molecule has 0 saturated carbocycles. The van der Waals surface area contributed by atoms with Gasteiger partial charge >= 0.3 is 0 Å². The molecule has 4 atom stereocenters. The fourth-order valence-electron chi connectivity index (χ4n) is 5.90. The van der Waals surface area contributed by atoms with Crippen LogP contribution in [0.3, 0.4) is 0 Å². The molecule has 172 valence electrons. The number of methoxy groups -OCH3 is 1. The minimum atomic E-state index is -0.493. The summed E-state index contributed by atoms with van der Waals surface area (Å²) in [7, 11) is 1.75. The van der Waals surface area contributed by atoms with Gasteiger partial charge in [-0.1, -0.05) is 12.1 Å². The summed E-state index contributed by atoms with van der Waals surface area (Å²) in [4.78, 5) is 7.24. The molecule has 2 aromatic carbocycles. The van der Waals surface area contributed by atoms with Gasteiger partial charge in [0.2, 0.25) is 0 Å². The molecular formula is C27H30N2O3S. The van der Waals surface area contributed by atoms with Crippen LogP contribution in [0.15, 0.2) is 54.7 Å². The van der Waals surface area contributed by atoms with Gasteiger partial charge in [0.05, 0.1) is 7.11 Å². The highest BCUT2D eigenvalue weighted by atomic mass is 32.1. The molecule has 1 unspecified atom stereocenters. The van der Waals surface area contributed by atoms with Crippen molar-refractivity contribution in [1.29, 1.82) is 0 Å². The second-order valence-corrected chi connectivity index (χ2v) is 10.5. The van der Waals surface area contributed by atoms with Crippen molar-refractivity contribution in [3.63, 3.8) is 0 Å². The van der Waals surface area contributed by atoms with E-state index in [1.54, 1.807) is 7.11 Å². The zero-order chi connectivity index (χ0) is 22.4. The van der Waals surface area contributed by atoms with Crippen molar-refractivity contribution >= 4 is 32.3 Å². The first-order valence-corrected chi connectivity index (χ1v) is 12.7. The number of nitrogens with zero attached hydrogens (tertiary/aromatic N) is 1. The summed E-state index contributed by atoms with van der Waals surface area (Å²) in [6.45, 7) is 1.01. The Morgan fingerprint density at radius 2 is 1.85 bits per heavy atom. The van der Waals surface area contributed by atoms with Gasteiger partial charge in [0.25, 0.3) is 0 Å². The average molecular weight is 463 g/mol. The topological polar surface area (TPSA) is 57.7 Å². The van der Waals surface area contributed by atoms with Crippen molar-refractivity contribution in [2.24, 2.45) is 0 Å². The third-order valence-corrected chi connectivity index (χ3v) is 8.72. The molecule has 0 radical (unpaired) electrons. The quantitative estimate of drug-likeness (QED) is 0.379. The molecule has 0 spiro atoms. The second kappa shape index (κ2) is 8.67. The highest BCUT2D eigenvalue weighted by molar-refractivity contribution is 7.19. The third-order valence-electron chi connectivity index (χ3n) is 7.45. The number of piperidine rings is 1. The Morgan fingerprint density at radius 3 is 2.67 bits per heavy atom. The number of hydrogen-bond donors (Lipinski definition) is 2. The lowest BCUT2D eigenvalue weighted by Crippen LogP contribution is -2.47. The standard InChI is InChI=1S/C27H30N2O3S/c1-31-24-5-3-7-26-22(24)14-27(33-26)17-12-18-8-9-19(13-17)29(18)15-20(30)16-32-25-6-2-4-23-21(25)10-11-28-23/h2-7,10-11,14,17-20,28,30H,8-9,12-13,15-16H2,1H3/t17?,18-,19+,20-/m0/s1. The van der Waals surface area contributed by atoms with Gasteiger partial charge in [-0.3, -0.25) is 4.90 Å². The van der Waals surface area contributed by atoms with E-state index in [2.05, 4.69) is 28.1 Å². The Labute approximate surface area is 197 Å². The van der Waals surface area contributed by atoms with Crippen LogP contribution in [0.25, 0.3) is 21.0 Å². The smallest absolute Gasteiger partial charge is 0.128 e. The summed E-state index contributed by atoms with van der Waals surface area (Å²) < 4.78 is 12.9. The Bertz CT molecular complexity index is 1250. The van der Waals surface area contributed by atoms with Crippen LogP contribution in [0, 0.1) is 0 Å². The molecule has 2 fully saturated rings. The Kier molecular flexibility index (Phi) is 5.52. The van der Waals surface area contributed by atoms with Gasteiger partial charge in [-0.25, -0.2) is 0 Å². The molecular weight excluding hydrogens is 432 g/mol. The number of rotatable bonds is 7. The molecule has 2 aromatic heterocycles. The van der Waals surface area contributed by atoms with Crippen molar-refractivity contribution in [2.75, 3.05) is 20.3 Å². The van der Waals surface area contributed by atoms with Crippen LogP contribution in [0.5, 0.6) is 11.5 Å². The maximum atomic E-state index is 10.8. The number of fused-ring (bicyclic) bond motifs is 4. The summed E-state index contributed by atoms with van der Waals surface area (Å²) in [5, 5.41) is 13.1. The fourth-order valence-corrected chi connectivity index (χ4v) is 7.11. The van der Waals surface area contributed by atoms with Crippen molar-refractivity contribution in [3.8, 4) is 11.5 Å². The number of aromatic amines is 1. The number of ether oxygens (including phenoxy) is 2. The molecule has 2 saturated heterocycles. The van der Waals surface area contributed by atoms with E-state index in [0.717, 1.165) is 22.4 Å². The fraction of sp³-hybridized carbons (Fsp3) is 0.407. The maximum absolute atomic E-state index is 10.8. The van der Waals surface area contributed by atoms with E-state index in [-0.39, 0.29) is 0 Å². The van der Waals surface area contributed by atoms with Crippen LogP contribution in [0.1, 0.15) is 36.5 Å². The van der Waals surface area contributed by atoms with Crippen molar-refractivity contribution in [2.45, 2.75) is 49.8 Å². The maximum Gasteiger partial charge on any atom is 0.128 e. The van der Waals surface area contributed by atoms with Gasteiger partial charge in [0.15, 0.2) is 0 Å². The Balaban J connectivity index is 1.10. The molecule has 33 heavy (non-hydrogen) atoms. The van der Waals surface area contributed by atoms with Crippen molar-refractivity contribution in [1.82, 2.24) is 9.88 Å². The summed E-state index contributed by atoms with van der Waals surface area (Å²) in [5.41, 5.74) is 1.06. The molecule has 6 rings (SSSR count). The molecule has 2 N–H and O–H groups in total. The molecule has 4 aromatic rings. The predicted molar refractivity (Wildman–Crippen MR) is 134 cm³/mol. The van der Waals surface area contributed by atoms with E-state index in [0.29, 0.717) is 31.2 Å². The molecule has 2 bridgehead atoms. The van der Waals surface area contributed by atoms with Gasteiger partial charge in [0, 0.05) is 50.7 Å². The largest absolute Gasteiger partial charge is 0.496 e. The van der Waals surface area contributed by atoms with Gasteiger partial charge in [-0.15, -0.1) is 11.3 Å². The lowest BCUT2D eigenvalue weighted by atomic mass is 9.89. The first-order chi connectivity index (χ1) is 16.2. The van der Waals surface area contributed by atoms with Gasteiger partial charge in [-0.05, 0) is 68.0 Å². The Hall–Kier alpha value is -2.54. The van der Waals surface area contributed by atoms with Crippen LogP contribution in [0.4, 0.5) is 0 Å². The zero-order valence-electron chi connectivity index (χ0n) is 18.9. The number of thiophene rings is 1. The monoisotopic (exact) mass is 462 g/mol. The number of H-pyrrole nitrogens is 1. The van der Waals surface area contributed by atoms with Crippen LogP contribution >= 0.6 is 11.3 Å². The molecule has 0 aliphatic carbocycles. The molecule has 6 heteroatoms. The molecule has 4 heterocycles. The molecule has 0 amide bonds. The van der Waals surface area contributed by atoms with E-state index in [4.69, 9.17) is 9.47 Å². The van der Waals surface area contributed by atoms with E-state index >= 15 is 0 Å². The highest BCUT2D eigenvalue weighted by Crippen LogP contribution is 2.46. The summed E-state index contributed by atoms with van der Waals surface area (Å²) in [6.07, 6.45) is 6.22. The first-order valence-electron chi connectivity index (χ1n) is 11.9. The number of aliphatic hydroxyl groups excluding tert-OH is 1. The summed E-state index contributed by atoms with van der Waals surface area (Å²) >= 11 is 1.92. The SMILES string of the molecule is COc1cccc2sc(C3C[C@H]4CC[C@@H](C3)N4C[C@H](O)COc3cccc4[nH]ccc34)cc12. The first kappa shape index (κ1) is 21.0. The lowest BCUT2D eigenvalue weighted by Gasteiger charge is -2.39. The predicted octanol–water partition coefficient (Wildman–Crippen LogP) is 5.54. The number of hydrogen-bond acceptors (Lipinski definition) is 5. The van der Waals surface area contributed by atoms with Gasteiger partial charge in [-0.2, -0.15) is 0 Å². The number of nitrogens with one attached hydrogen (secondary N) is 1. The minimum absolute atomic E-state index is 0.319. The number of aliphatic hydroxyl groups is 1. The third kappa shape index (κ3) is 3.90. The molecule has 5 nitrogen and oxygen atoms in total. The Morgan fingerprint density at radius 1 is 1.06 bits per heavy atom. The minimum Gasteiger partial charge on any atom is -0.496 e. The van der Waals surface area contributed by atoms with Gasteiger partial charge in [0.1, 0.15) is 24.2 Å². The number of benzene rings is 2. The highest BCUT2D eigenvalue weighted by Gasteiger charge is 2.42. The zero-order valence-corrected chi connectivity index (χ0v) is 19.7. The van der Waals surface area contributed by atoms with E-state index in [1.165, 1.54) is 40.6 Å². The van der Waals surface area contributed by atoms with Crippen molar-refractivity contribution in [3.05, 3.63) is 59.6 Å². The van der Waals surface area contributed by atoms with Gasteiger partial charge < -0.3 is 19.6 Å². The second-order valence-electron chi connectivity index (χ2n) is 9.43. The van der Waals surface area contributed by atoms with E-state index in [9.17, 15) is 5.11 Å². The number of aromatic nitrogens is 1. The van der Waals surface area contributed by atoms with Crippen LogP contribution in [-0.4, -0.2) is 53.4 Å². The molecule has 2 aliphatic rings. The van der Waals surface area contributed by atoms with E-state index < -0.39 is 6.10 Å². The van der Waals surface area contributed by atoms with Crippen molar-refractivity contribution < 1.29 is 14.6 Å². The van der Waals surface area contributed by atoms with Crippen LogP contribution in [0.2, 0.25) is 0 Å². The van der Waals surface area contributed by atoms with Crippen LogP contribution < -0.4 is 9.47 Å².